The lowest BCUT2D eigenvalue weighted by Crippen LogP contribution is -2.46. The molecule has 1 aliphatic heterocycles. The van der Waals surface area contributed by atoms with E-state index in [0.717, 1.165) is 6.54 Å². The molecular formula is C7H11F2N. The standard InChI is InChI=1S/C7H11F2N/c1-10-3-5-2-7(8,9)6(5)4-10/h5-6H,2-4H2,1H3/t5-,6-/m1/s1. The third kappa shape index (κ3) is 0.698. The van der Waals surface area contributed by atoms with Crippen molar-refractivity contribution in [1.29, 1.82) is 0 Å². The monoisotopic (exact) mass is 147 g/mol. The van der Waals surface area contributed by atoms with Gasteiger partial charge in [-0.1, -0.05) is 0 Å². The lowest BCUT2D eigenvalue weighted by Gasteiger charge is -2.38. The van der Waals surface area contributed by atoms with Crippen LogP contribution in [0, 0.1) is 11.8 Å². The van der Waals surface area contributed by atoms with Crippen LogP contribution in [-0.2, 0) is 0 Å². The molecule has 2 fully saturated rings. The highest BCUT2D eigenvalue weighted by molar-refractivity contribution is 5.01. The maximum absolute atomic E-state index is 12.6. The SMILES string of the molecule is CN1C[C@H]2CC(F)(F)[C@@H]2C1. The lowest BCUT2D eigenvalue weighted by molar-refractivity contribution is -0.152. The highest BCUT2D eigenvalue weighted by Crippen LogP contribution is 2.51. The van der Waals surface area contributed by atoms with Crippen LogP contribution in [0.25, 0.3) is 0 Å². The Hall–Kier alpha value is -0.180. The molecule has 0 aromatic carbocycles. The van der Waals surface area contributed by atoms with E-state index in [2.05, 4.69) is 0 Å². The molecule has 2 aliphatic rings. The first-order valence-electron chi connectivity index (χ1n) is 3.66. The van der Waals surface area contributed by atoms with Crippen LogP contribution < -0.4 is 0 Å². The first-order valence-corrected chi connectivity index (χ1v) is 3.66. The molecule has 1 heterocycles. The quantitative estimate of drug-likeness (QED) is 0.497. The van der Waals surface area contributed by atoms with Crippen molar-refractivity contribution >= 4 is 0 Å². The predicted molar refractivity (Wildman–Crippen MR) is 34.0 cm³/mol. The van der Waals surface area contributed by atoms with Gasteiger partial charge in [-0.25, -0.2) is 8.78 Å². The van der Waals surface area contributed by atoms with E-state index >= 15 is 0 Å². The van der Waals surface area contributed by atoms with Crippen molar-refractivity contribution in [3.63, 3.8) is 0 Å². The van der Waals surface area contributed by atoms with Crippen LogP contribution in [-0.4, -0.2) is 31.0 Å². The third-order valence-corrected chi connectivity index (χ3v) is 2.70. The normalized spacial score (nSPS) is 44.7. The van der Waals surface area contributed by atoms with Gasteiger partial charge in [-0.3, -0.25) is 0 Å². The molecule has 2 atom stereocenters. The molecule has 1 aliphatic carbocycles. The molecule has 0 N–H and O–H groups in total. The van der Waals surface area contributed by atoms with Gasteiger partial charge in [-0.05, 0) is 13.0 Å². The number of fused-ring (bicyclic) bond motifs is 1. The zero-order chi connectivity index (χ0) is 7.35. The number of halogens is 2. The van der Waals surface area contributed by atoms with Crippen LogP contribution in [0.2, 0.25) is 0 Å². The Bertz CT molecular complexity index is 158. The molecule has 0 radical (unpaired) electrons. The lowest BCUT2D eigenvalue weighted by atomic mass is 9.72. The zero-order valence-corrected chi connectivity index (χ0v) is 5.98. The number of likely N-dealkylation sites (tertiary alicyclic amines) is 1. The molecule has 1 nitrogen and oxygen atoms in total. The molecule has 0 aromatic heterocycles. The van der Waals surface area contributed by atoms with Gasteiger partial charge in [0.2, 0.25) is 0 Å². The van der Waals surface area contributed by atoms with E-state index in [9.17, 15) is 8.78 Å². The average molecular weight is 147 g/mol. The number of alkyl halides is 2. The Morgan fingerprint density at radius 3 is 2.50 bits per heavy atom. The molecule has 58 valence electrons. The molecule has 0 unspecified atom stereocenters. The molecule has 10 heavy (non-hydrogen) atoms. The smallest absolute Gasteiger partial charge is 0.252 e. The summed E-state index contributed by atoms with van der Waals surface area (Å²) in [6, 6.07) is 0. The zero-order valence-electron chi connectivity index (χ0n) is 5.98. The fourth-order valence-corrected chi connectivity index (χ4v) is 2.11. The number of hydrogen-bond acceptors (Lipinski definition) is 1. The molecular weight excluding hydrogens is 136 g/mol. The minimum Gasteiger partial charge on any atom is -0.306 e. The number of hydrogen-bond donors (Lipinski definition) is 0. The van der Waals surface area contributed by atoms with Crippen molar-refractivity contribution in [3.05, 3.63) is 0 Å². The molecule has 3 heteroatoms. The topological polar surface area (TPSA) is 3.24 Å². The first kappa shape index (κ1) is 6.53. The summed E-state index contributed by atoms with van der Waals surface area (Å²) >= 11 is 0. The Labute approximate surface area is 59.0 Å². The number of nitrogens with zero attached hydrogens (tertiary/aromatic N) is 1. The summed E-state index contributed by atoms with van der Waals surface area (Å²) in [7, 11) is 1.91. The Morgan fingerprint density at radius 1 is 1.40 bits per heavy atom. The van der Waals surface area contributed by atoms with Crippen LogP contribution in [0.5, 0.6) is 0 Å². The molecule has 0 amide bonds. The van der Waals surface area contributed by atoms with Crippen LogP contribution in [0.15, 0.2) is 0 Å². The minimum atomic E-state index is -2.34. The van der Waals surface area contributed by atoms with Crippen LogP contribution in [0.3, 0.4) is 0 Å². The fourth-order valence-electron chi connectivity index (χ4n) is 2.11. The van der Waals surface area contributed by atoms with Gasteiger partial charge in [-0.2, -0.15) is 0 Å². The maximum Gasteiger partial charge on any atom is 0.252 e. The van der Waals surface area contributed by atoms with Crippen molar-refractivity contribution in [3.8, 4) is 0 Å². The Morgan fingerprint density at radius 2 is 2.10 bits per heavy atom. The van der Waals surface area contributed by atoms with E-state index in [1.165, 1.54) is 0 Å². The van der Waals surface area contributed by atoms with Gasteiger partial charge >= 0.3 is 0 Å². The molecule has 0 spiro atoms. The minimum absolute atomic E-state index is 0.127. The summed E-state index contributed by atoms with van der Waals surface area (Å²) in [4.78, 5) is 2.00. The van der Waals surface area contributed by atoms with Crippen molar-refractivity contribution in [2.75, 3.05) is 20.1 Å². The molecule has 1 saturated carbocycles. The molecule has 0 bridgehead atoms. The second kappa shape index (κ2) is 1.70. The van der Waals surface area contributed by atoms with Gasteiger partial charge < -0.3 is 4.90 Å². The highest BCUT2D eigenvalue weighted by atomic mass is 19.3. The highest BCUT2D eigenvalue weighted by Gasteiger charge is 2.58. The van der Waals surface area contributed by atoms with Gasteiger partial charge in [0.15, 0.2) is 0 Å². The summed E-state index contributed by atoms with van der Waals surface area (Å²) in [5, 5.41) is 0. The van der Waals surface area contributed by atoms with Gasteiger partial charge in [0.25, 0.3) is 5.92 Å². The van der Waals surface area contributed by atoms with E-state index < -0.39 is 5.92 Å². The summed E-state index contributed by atoms with van der Waals surface area (Å²) < 4.78 is 25.3. The maximum atomic E-state index is 12.6. The van der Waals surface area contributed by atoms with E-state index in [-0.39, 0.29) is 12.3 Å². The van der Waals surface area contributed by atoms with Crippen LogP contribution in [0.4, 0.5) is 8.78 Å². The summed E-state index contributed by atoms with van der Waals surface area (Å²) in [6.45, 7) is 1.47. The van der Waals surface area contributed by atoms with Crippen molar-refractivity contribution in [2.24, 2.45) is 11.8 Å². The van der Waals surface area contributed by atoms with Crippen molar-refractivity contribution in [2.45, 2.75) is 12.3 Å². The molecule has 0 aromatic rings. The largest absolute Gasteiger partial charge is 0.306 e. The summed E-state index contributed by atoms with van der Waals surface area (Å²) in [5.41, 5.74) is 0. The molecule has 2 rings (SSSR count). The van der Waals surface area contributed by atoms with Crippen molar-refractivity contribution < 1.29 is 8.78 Å². The van der Waals surface area contributed by atoms with E-state index in [4.69, 9.17) is 0 Å². The van der Waals surface area contributed by atoms with E-state index in [1.807, 2.05) is 11.9 Å². The Balaban J connectivity index is 2.06. The summed E-state index contributed by atoms with van der Waals surface area (Å²) in [5.74, 6) is -2.37. The second-order valence-corrected chi connectivity index (χ2v) is 3.55. The van der Waals surface area contributed by atoms with E-state index in [1.54, 1.807) is 0 Å². The van der Waals surface area contributed by atoms with Crippen molar-refractivity contribution in [1.82, 2.24) is 4.90 Å². The van der Waals surface area contributed by atoms with E-state index in [0.29, 0.717) is 12.5 Å². The van der Waals surface area contributed by atoms with Crippen LogP contribution >= 0.6 is 0 Å². The molecule has 1 saturated heterocycles. The van der Waals surface area contributed by atoms with Gasteiger partial charge in [0, 0.05) is 25.4 Å². The van der Waals surface area contributed by atoms with Gasteiger partial charge in [-0.15, -0.1) is 0 Å². The van der Waals surface area contributed by atoms with Gasteiger partial charge in [0.1, 0.15) is 0 Å². The average Bonchev–Trinajstić information content (AvgIpc) is 2.08. The summed E-state index contributed by atoms with van der Waals surface area (Å²) in [6.07, 6.45) is 0.127. The van der Waals surface area contributed by atoms with Crippen LogP contribution in [0.1, 0.15) is 6.42 Å². The third-order valence-electron chi connectivity index (χ3n) is 2.70. The number of rotatable bonds is 0. The second-order valence-electron chi connectivity index (χ2n) is 3.55. The predicted octanol–water partition coefficient (Wildman–Crippen LogP) is 1.20. The first-order chi connectivity index (χ1) is 4.59. The van der Waals surface area contributed by atoms with Gasteiger partial charge in [0.05, 0.1) is 0 Å². The Kier molecular flexibility index (Phi) is 1.11. The fraction of sp³-hybridized carbons (Fsp3) is 1.00.